The van der Waals surface area contributed by atoms with Gasteiger partial charge in [-0.25, -0.2) is 14.2 Å². The summed E-state index contributed by atoms with van der Waals surface area (Å²) in [6.45, 7) is 1.87. The average molecular weight is 825 g/mol. The topological polar surface area (TPSA) is 253 Å². The maximum atomic E-state index is 15.3. The molecule has 5 amide bonds. The molecule has 1 unspecified atom stereocenters. The second kappa shape index (κ2) is 17.0. The number of nitrogens with zero attached hydrogens (tertiary/aromatic N) is 2. The molecule has 0 spiro atoms. The first-order chi connectivity index (χ1) is 28.7. The number of esters is 1. The van der Waals surface area contributed by atoms with Gasteiger partial charge in [0.2, 0.25) is 29.5 Å². The van der Waals surface area contributed by atoms with E-state index in [1.54, 1.807) is 50.2 Å². The van der Waals surface area contributed by atoms with E-state index in [0.717, 1.165) is 11.1 Å². The van der Waals surface area contributed by atoms with Gasteiger partial charge in [-0.15, -0.1) is 0 Å². The Morgan fingerprint density at radius 1 is 1.00 bits per heavy atom. The predicted molar refractivity (Wildman–Crippen MR) is 213 cm³/mol. The lowest BCUT2D eigenvalue weighted by Crippen LogP contribution is -2.52. The first-order valence-electron chi connectivity index (χ1n) is 19.7. The number of carbonyl (C=O) groups excluding carboxylic acids is 6. The second-order valence-electron chi connectivity index (χ2n) is 15.1. The number of pyridine rings is 2. The van der Waals surface area contributed by atoms with Gasteiger partial charge in [0, 0.05) is 42.0 Å². The smallest absolute Gasteiger partial charge is 0.343 e. The minimum atomic E-state index is -2.03. The SMILES string of the molecule is CCC1(O)C(=O)OCc2c1cc1n(c2=O)Cc2c-1nc1cc(F)c(C)c3c1c2[C@@H](NC(=O)CCNC(=O)CNC(=O)[C@H](Cc1ccccc1)NC(=O)CNC(=O)CN)CC3. The van der Waals surface area contributed by atoms with Crippen LogP contribution in [0.3, 0.4) is 0 Å². The van der Waals surface area contributed by atoms with Crippen LogP contribution in [0.4, 0.5) is 4.39 Å². The molecular weight excluding hydrogens is 780 g/mol. The van der Waals surface area contributed by atoms with E-state index in [0.29, 0.717) is 51.8 Å². The van der Waals surface area contributed by atoms with E-state index in [-0.39, 0.29) is 56.6 Å². The summed E-state index contributed by atoms with van der Waals surface area (Å²) in [5, 5.41) is 25.1. The minimum Gasteiger partial charge on any atom is -0.458 e. The lowest BCUT2D eigenvalue weighted by molar-refractivity contribution is -0.172. The summed E-state index contributed by atoms with van der Waals surface area (Å²) in [7, 11) is 0. The van der Waals surface area contributed by atoms with E-state index in [4.69, 9.17) is 15.5 Å². The summed E-state index contributed by atoms with van der Waals surface area (Å²) in [5.74, 6) is -4.08. The Morgan fingerprint density at radius 2 is 1.75 bits per heavy atom. The monoisotopic (exact) mass is 824 g/mol. The lowest BCUT2D eigenvalue weighted by Gasteiger charge is -2.31. The Morgan fingerprint density at radius 3 is 2.48 bits per heavy atom. The van der Waals surface area contributed by atoms with E-state index in [9.17, 15) is 38.7 Å². The van der Waals surface area contributed by atoms with Crippen molar-refractivity contribution < 1.29 is 43.0 Å². The van der Waals surface area contributed by atoms with Crippen molar-refractivity contribution in [1.29, 1.82) is 0 Å². The van der Waals surface area contributed by atoms with Gasteiger partial charge in [-0.05, 0) is 54.5 Å². The van der Waals surface area contributed by atoms with Gasteiger partial charge >= 0.3 is 5.97 Å². The Bertz CT molecular complexity index is 2510. The first-order valence-corrected chi connectivity index (χ1v) is 19.7. The molecule has 3 atom stereocenters. The van der Waals surface area contributed by atoms with Crippen LogP contribution in [-0.2, 0) is 65.1 Å². The van der Waals surface area contributed by atoms with Crippen molar-refractivity contribution in [3.8, 4) is 11.4 Å². The molecule has 18 heteroatoms. The van der Waals surface area contributed by atoms with Gasteiger partial charge in [0.1, 0.15) is 18.5 Å². The number of nitrogens with two attached hydrogens (primary N) is 1. The molecule has 314 valence electrons. The molecule has 3 aliphatic rings. The highest BCUT2D eigenvalue weighted by Gasteiger charge is 2.46. The number of nitrogens with one attached hydrogen (secondary N) is 5. The molecule has 60 heavy (non-hydrogen) atoms. The van der Waals surface area contributed by atoms with E-state index in [1.165, 1.54) is 10.6 Å². The number of amides is 5. The van der Waals surface area contributed by atoms with Crippen LogP contribution in [0.5, 0.6) is 0 Å². The molecular formula is C42H45FN8O9. The quantitative estimate of drug-likeness (QED) is 0.0738. The van der Waals surface area contributed by atoms with E-state index in [2.05, 4.69) is 26.6 Å². The third kappa shape index (κ3) is 7.94. The highest BCUT2D eigenvalue weighted by molar-refractivity contribution is 5.95. The summed E-state index contributed by atoms with van der Waals surface area (Å²) < 4.78 is 22.0. The van der Waals surface area contributed by atoms with E-state index >= 15 is 4.39 Å². The molecule has 0 fully saturated rings. The number of aryl methyl sites for hydroxylation is 1. The number of carbonyl (C=O) groups is 6. The summed E-state index contributed by atoms with van der Waals surface area (Å²) in [6, 6.07) is 10.2. The van der Waals surface area contributed by atoms with Gasteiger partial charge in [-0.2, -0.15) is 0 Å². The van der Waals surface area contributed by atoms with Gasteiger partial charge in [0.15, 0.2) is 5.60 Å². The number of aliphatic hydroxyl groups is 1. The van der Waals surface area contributed by atoms with Crippen molar-refractivity contribution in [1.82, 2.24) is 36.1 Å². The van der Waals surface area contributed by atoms with Crippen LogP contribution in [0.1, 0.15) is 71.2 Å². The predicted octanol–water partition coefficient (Wildman–Crippen LogP) is 0.0555. The zero-order chi connectivity index (χ0) is 42.9. The highest BCUT2D eigenvalue weighted by atomic mass is 19.1. The molecule has 4 aromatic rings. The molecule has 0 saturated carbocycles. The minimum absolute atomic E-state index is 0.0316. The number of hydrogen-bond donors (Lipinski definition) is 7. The van der Waals surface area contributed by atoms with Gasteiger partial charge in [-0.3, -0.25) is 28.8 Å². The summed E-state index contributed by atoms with van der Waals surface area (Å²) in [5.41, 5.74) is 7.46. The molecule has 0 radical (unpaired) electrons. The van der Waals surface area contributed by atoms with Crippen LogP contribution >= 0.6 is 0 Å². The van der Waals surface area contributed by atoms with Crippen LogP contribution in [0.15, 0.2) is 47.3 Å². The van der Waals surface area contributed by atoms with Gasteiger partial charge in [-0.1, -0.05) is 37.3 Å². The number of fused-ring (bicyclic) bond motifs is 5. The zero-order valence-electron chi connectivity index (χ0n) is 33.0. The van der Waals surface area contributed by atoms with Crippen molar-refractivity contribution in [3.05, 3.63) is 97.6 Å². The van der Waals surface area contributed by atoms with Crippen LogP contribution in [0.2, 0.25) is 0 Å². The largest absolute Gasteiger partial charge is 0.458 e. The van der Waals surface area contributed by atoms with Crippen molar-refractivity contribution >= 4 is 46.4 Å². The Balaban J connectivity index is 1.03. The zero-order valence-corrected chi connectivity index (χ0v) is 33.0. The number of halogens is 1. The fourth-order valence-electron chi connectivity index (χ4n) is 8.19. The maximum Gasteiger partial charge on any atom is 0.343 e. The second-order valence-corrected chi connectivity index (χ2v) is 15.1. The number of aromatic nitrogens is 2. The standard InChI is InChI=1S/C42H45FN8O9/c1-3-42(59)26-14-31-38-24(19-51(31)40(57)25(26)20-60-41(42)58)37-28(10-9-23-21(2)27(43)15-29(50-38)36(23)37)48-32(52)11-12-45-34(54)17-47-39(56)30(13-22-7-5-4-6-8-22)49-35(55)18-46-33(53)16-44/h4-8,14-15,28,30,59H,3,9-13,16-20,44H2,1-2H3,(H,45,54)(H,46,53)(H,47,56)(H,48,52)(H,49,55)/t28-,30-,42?/m0/s1. The molecule has 2 aromatic carbocycles. The average Bonchev–Trinajstić information content (AvgIpc) is 3.61. The van der Waals surface area contributed by atoms with Gasteiger partial charge in [0.05, 0.1) is 54.7 Å². The molecule has 8 N–H and O–H groups in total. The molecule has 0 saturated heterocycles. The first kappa shape index (κ1) is 41.6. The molecule has 1 aliphatic carbocycles. The van der Waals surface area contributed by atoms with Crippen LogP contribution in [0, 0.1) is 12.7 Å². The lowest BCUT2D eigenvalue weighted by atomic mass is 9.81. The van der Waals surface area contributed by atoms with Crippen molar-refractivity contribution in [2.24, 2.45) is 5.73 Å². The summed E-state index contributed by atoms with van der Waals surface area (Å²) >= 11 is 0. The number of rotatable bonds is 14. The highest BCUT2D eigenvalue weighted by Crippen LogP contribution is 2.46. The fourth-order valence-corrected chi connectivity index (χ4v) is 8.19. The molecule has 17 nitrogen and oxygen atoms in total. The third-order valence-electron chi connectivity index (χ3n) is 11.4. The molecule has 2 aliphatic heterocycles. The molecule has 0 bridgehead atoms. The number of hydrogen-bond acceptors (Lipinski definition) is 11. The van der Waals surface area contributed by atoms with Gasteiger partial charge in [0.25, 0.3) is 5.56 Å². The van der Waals surface area contributed by atoms with Crippen LogP contribution < -0.4 is 37.9 Å². The summed E-state index contributed by atoms with van der Waals surface area (Å²) in [6.07, 6.45) is 0.802. The third-order valence-corrected chi connectivity index (χ3v) is 11.4. The van der Waals surface area contributed by atoms with Crippen LogP contribution in [-0.4, -0.2) is 82.4 Å². The Labute approximate surface area is 342 Å². The fraction of sp³-hybridized carbons (Fsp3) is 0.381. The maximum absolute atomic E-state index is 15.3. The molecule has 7 rings (SSSR count). The van der Waals surface area contributed by atoms with Crippen molar-refractivity contribution in [2.45, 2.75) is 76.8 Å². The number of benzene rings is 2. The van der Waals surface area contributed by atoms with Crippen molar-refractivity contribution in [3.63, 3.8) is 0 Å². The normalized spacial score (nSPS) is 17.7. The summed E-state index contributed by atoms with van der Waals surface area (Å²) in [4.78, 5) is 94.8. The van der Waals surface area contributed by atoms with Crippen LogP contribution in [0.25, 0.3) is 22.3 Å². The van der Waals surface area contributed by atoms with Gasteiger partial charge < -0.3 is 46.7 Å². The Hall–Kier alpha value is -6.53. The molecule has 4 heterocycles. The van der Waals surface area contributed by atoms with Crippen molar-refractivity contribution in [2.75, 3.05) is 26.2 Å². The van der Waals surface area contributed by atoms with E-state index < -0.39 is 77.7 Å². The Kier molecular flexibility index (Phi) is 11.8. The number of ether oxygens (including phenoxy) is 1. The molecule has 2 aromatic heterocycles. The van der Waals surface area contributed by atoms with E-state index in [1.807, 2.05) is 0 Å². The number of cyclic esters (lactones) is 1.